The number of carbonyl (C=O) groups excluding carboxylic acids is 1. The summed E-state index contributed by atoms with van der Waals surface area (Å²) >= 11 is 0. The van der Waals surface area contributed by atoms with Gasteiger partial charge < -0.3 is 4.74 Å². The van der Waals surface area contributed by atoms with Crippen molar-refractivity contribution in [3.63, 3.8) is 0 Å². The van der Waals surface area contributed by atoms with Crippen LogP contribution in [0.1, 0.15) is 34.6 Å². The summed E-state index contributed by atoms with van der Waals surface area (Å²) in [7, 11) is 0. The molecule has 0 aliphatic carbocycles. The summed E-state index contributed by atoms with van der Waals surface area (Å²) in [6.07, 6.45) is 1.33. The van der Waals surface area contributed by atoms with E-state index >= 15 is 0 Å². The van der Waals surface area contributed by atoms with Crippen molar-refractivity contribution in [2.45, 2.75) is 45.7 Å². The Morgan fingerprint density at radius 2 is 1.90 bits per heavy atom. The number of hydrogen-bond donors (Lipinski definition) is 1. The van der Waals surface area contributed by atoms with Crippen molar-refractivity contribution in [1.29, 1.82) is 0 Å². The first-order chi connectivity index (χ1) is 9.64. The Balaban J connectivity index is 2.43. The van der Waals surface area contributed by atoms with Gasteiger partial charge in [-0.05, 0) is 34.6 Å². The number of hydroxylamine groups is 4. The highest BCUT2D eigenvalue weighted by molar-refractivity contribution is 5.89. The van der Waals surface area contributed by atoms with E-state index in [0.29, 0.717) is 5.06 Å². The van der Waals surface area contributed by atoms with E-state index in [-0.39, 0.29) is 23.8 Å². The standard InChI is InChI=1S/C13H19N4O4/c1-6-21-11(18)9-7-8(14-15-9)10-16(19)12(2,3)13(4,5)17(10)20/h7,19H,6H2,1-5H3/b10-8-. The van der Waals surface area contributed by atoms with Gasteiger partial charge in [0.15, 0.2) is 11.5 Å². The molecule has 2 aliphatic heterocycles. The lowest BCUT2D eigenvalue weighted by molar-refractivity contribution is -0.181. The van der Waals surface area contributed by atoms with Crippen molar-refractivity contribution in [2.75, 3.05) is 6.61 Å². The van der Waals surface area contributed by atoms with E-state index in [1.54, 1.807) is 34.6 Å². The van der Waals surface area contributed by atoms with E-state index in [0.717, 1.165) is 5.06 Å². The molecular formula is C13H19N4O4. The van der Waals surface area contributed by atoms with Gasteiger partial charge in [0.05, 0.1) is 17.7 Å². The zero-order valence-corrected chi connectivity index (χ0v) is 12.7. The molecule has 1 saturated heterocycles. The maximum Gasteiger partial charge on any atom is 0.358 e. The molecule has 0 aromatic carbocycles. The van der Waals surface area contributed by atoms with Gasteiger partial charge in [0, 0.05) is 6.08 Å². The fourth-order valence-electron chi connectivity index (χ4n) is 2.04. The second-order valence-corrected chi connectivity index (χ2v) is 5.88. The Kier molecular flexibility index (Phi) is 3.54. The molecule has 1 N–H and O–H groups in total. The molecule has 0 aromatic heterocycles. The molecule has 1 radical (unpaired) electrons. The van der Waals surface area contributed by atoms with Crippen LogP contribution in [0.5, 0.6) is 0 Å². The lowest BCUT2D eigenvalue weighted by Crippen LogP contribution is -2.52. The molecule has 115 valence electrons. The minimum absolute atomic E-state index is 0.00339. The lowest BCUT2D eigenvalue weighted by atomic mass is 9.84. The number of nitrogens with zero attached hydrogens (tertiary/aromatic N) is 4. The molecule has 0 atom stereocenters. The first-order valence-electron chi connectivity index (χ1n) is 6.66. The predicted octanol–water partition coefficient (Wildman–Crippen LogP) is 1.98. The van der Waals surface area contributed by atoms with Crippen LogP contribution in [0.4, 0.5) is 0 Å². The Morgan fingerprint density at radius 1 is 1.29 bits per heavy atom. The molecular weight excluding hydrogens is 276 g/mol. The largest absolute Gasteiger partial charge is 0.461 e. The van der Waals surface area contributed by atoms with E-state index in [2.05, 4.69) is 10.2 Å². The van der Waals surface area contributed by atoms with Gasteiger partial charge in [0.1, 0.15) is 5.70 Å². The fraction of sp³-hybridized carbons (Fsp3) is 0.615. The van der Waals surface area contributed by atoms with Gasteiger partial charge in [0.25, 0.3) is 0 Å². The topological polar surface area (TPSA) is 97.6 Å². The van der Waals surface area contributed by atoms with Crippen LogP contribution in [0.3, 0.4) is 0 Å². The highest BCUT2D eigenvalue weighted by atomic mass is 16.6. The predicted molar refractivity (Wildman–Crippen MR) is 70.9 cm³/mol. The molecule has 0 unspecified atom stereocenters. The third kappa shape index (κ3) is 2.11. The number of carbonyl (C=O) groups is 1. The molecule has 0 spiro atoms. The van der Waals surface area contributed by atoms with Gasteiger partial charge in [-0.3, -0.25) is 5.21 Å². The van der Waals surface area contributed by atoms with E-state index in [1.807, 2.05) is 0 Å². The lowest BCUT2D eigenvalue weighted by Gasteiger charge is -2.36. The first-order valence-corrected chi connectivity index (χ1v) is 6.66. The molecule has 2 aliphatic rings. The molecule has 2 rings (SSSR count). The van der Waals surface area contributed by atoms with Crippen LogP contribution in [-0.4, -0.2) is 39.0 Å². The number of allylic oxidation sites excluding steroid dienone is 1. The van der Waals surface area contributed by atoms with Crippen LogP contribution in [-0.2, 0) is 14.7 Å². The molecule has 1 fully saturated rings. The summed E-state index contributed by atoms with van der Waals surface area (Å²) < 4.78 is 4.82. The van der Waals surface area contributed by atoms with Crippen LogP contribution in [0.15, 0.2) is 33.5 Å². The summed E-state index contributed by atoms with van der Waals surface area (Å²) in [4.78, 5) is 11.6. The van der Waals surface area contributed by atoms with Crippen LogP contribution >= 0.6 is 0 Å². The van der Waals surface area contributed by atoms with Crippen LogP contribution < -0.4 is 0 Å². The van der Waals surface area contributed by atoms with Crippen LogP contribution in [0, 0.1) is 0 Å². The van der Waals surface area contributed by atoms with Crippen molar-refractivity contribution in [3.8, 4) is 0 Å². The summed E-state index contributed by atoms with van der Waals surface area (Å²) in [6, 6.07) is 0. The van der Waals surface area contributed by atoms with Gasteiger partial charge in [-0.1, -0.05) is 5.21 Å². The summed E-state index contributed by atoms with van der Waals surface area (Å²) in [5.74, 6) is -0.650. The average Bonchev–Trinajstić information content (AvgIpc) is 2.91. The van der Waals surface area contributed by atoms with Gasteiger partial charge in [-0.15, -0.1) is 10.2 Å². The molecule has 8 heteroatoms. The Labute approximate surface area is 122 Å². The minimum Gasteiger partial charge on any atom is -0.461 e. The Hall–Kier alpha value is -1.93. The monoisotopic (exact) mass is 295 g/mol. The van der Waals surface area contributed by atoms with Gasteiger partial charge >= 0.3 is 5.97 Å². The summed E-state index contributed by atoms with van der Waals surface area (Å²) in [6.45, 7) is 8.83. The smallest absolute Gasteiger partial charge is 0.358 e. The number of ether oxygens (including phenoxy) is 1. The van der Waals surface area contributed by atoms with Gasteiger partial charge in [0.2, 0.25) is 0 Å². The second kappa shape index (κ2) is 4.81. The van der Waals surface area contributed by atoms with Crippen molar-refractivity contribution in [1.82, 2.24) is 10.1 Å². The zero-order valence-electron chi connectivity index (χ0n) is 12.7. The Morgan fingerprint density at radius 3 is 2.38 bits per heavy atom. The zero-order chi connectivity index (χ0) is 16.0. The van der Waals surface area contributed by atoms with E-state index in [4.69, 9.17) is 4.74 Å². The third-order valence-electron chi connectivity index (χ3n) is 4.18. The number of esters is 1. The number of rotatable bonds is 2. The highest BCUT2D eigenvalue weighted by Crippen LogP contribution is 2.45. The third-order valence-corrected chi connectivity index (χ3v) is 4.18. The average molecular weight is 295 g/mol. The van der Waals surface area contributed by atoms with Crippen molar-refractivity contribution < 1.29 is 19.9 Å². The maximum absolute atomic E-state index is 12.5. The minimum atomic E-state index is -0.875. The first kappa shape index (κ1) is 15.5. The van der Waals surface area contributed by atoms with Crippen LogP contribution in [0.25, 0.3) is 0 Å². The summed E-state index contributed by atoms with van der Waals surface area (Å²) in [5.41, 5.74) is -1.56. The fourth-order valence-corrected chi connectivity index (χ4v) is 2.04. The normalized spacial score (nSPS) is 26.3. The van der Waals surface area contributed by atoms with E-state index < -0.39 is 17.0 Å². The van der Waals surface area contributed by atoms with Gasteiger partial charge in [-0.25, -0.2) is 9.86 Å². The summed E-state index contributed by atoms with van der Waals surface area (Å²) in [5, 5.41) is 31.8. The number of azo groups is 1. The van der Waals surface area contributed by atoms with Crippen molar-refractivity contribution in [2.24, 2.45) is 10.2 Å². The molecule has 0 amide bonds. The van der Waals surface area contributed by atoms with E-state index in [9.17, 15) is 15.2 Å². The molecule has 2 heterocycles. The quantitative estimate of drug-likeness (QED) is 0.785. The SMILES string of the molecule is CCOC(=O)C1=C/C(=C2/N([O])C(C)(C)C(C)(C)N2O)N=N1. The molecule has 0 aromatic rings. The van der Waals surface area contributed by atoms with Crippen molar-refractivity contribution in [3.05, 3.63) is 23.3 Å². The maximum atomic E-state index is 12.5. The number of hydrogen-bond acceptors (Lipinski definition) is 7. The Bertz CT molecular complexity index is 541. The highest BCUT2D eigenvalue weighted by Gasteiger charge is 2.57. The van der Waals surface area contributed by atoms with Crippen molar-refractivity contribution >= 4 is 5.97 Å². The van der Waals surface area contributed by atoms with Gasteiger partial charge in [-0.2, -0.15) is 5.06 Å². The van der Waals surface area contributed by atoms with E-state index in [1.165, 1.54) is 6.08 Å². The molecule has 0 bridgehead atoms. The second-order valence-electron chi connectivity index (χ2n) is 5.88. The molecule has 0 saturated carbocycles. The molecule has 21 heavy (non-hydrogen) atoms. The molecule has 8 nitrogen and oxygen atoms in total. The van der Waals surface area contributed by atoms with Crippen LogP contribution in [0.2, 0.25) is 0 Å².